The highest BCUT2D eigenvalue weighted by Crippen LogP contribution is 2.21. The van der Waals surface area contributed by atoms with Gasteiger partial charge < -0.3 is 10.6 Å². The molecule has 2 aromatic rings. The Bertz CT molecular complexity index is 794. The number of nitrogens with one attached hydrogen (secondary N) is 2. The average Bonchev–Trinajstić information content (AvgIpc) is 3.34. The highest BCUT2D eigenvalue weighted by Gasteiger charge is 2.27. The van der Waals surface area contributed by atoms with Gasteiger partial charge in [-0.25, -0.2) is 4.68 Å². The minimum absolute atomic E-state index is 0. The number of carbonyl (C=O) groups is 1. The molecule has 166 valence electrons. The van der Waals surface area contributed by atoms with Gasteiger partial charge in [0, 0.05) is 19.1 Å². The molecule has 1 amide bonds. The summed E-state index contributed by atoms with van der Waals surface area (Å²) in [4.78, 5) is 15.2. The first kappa shape index (κ1) is 24.6. The third-order valence-corrected chi connectivity index (χ3v) is 6.02. The van der Waals surface area contributed by atoms with Gasteiger partial charge in [-0.1, -0.05) is 35.5 Å². The summed E-state index contributed by atoms with van der Waals surface area (Å²) in [5.74, 6) is -0.107. The maximum absolute atomic E-state index is 12.7. The maximum Gasteiger partial charge on any atom is 0.273 e. The van der Waals surface area contributed by atoms with Gasteiger partial charge in [-0.15, -0.1) is 29.9 Å². The lowest BCUT2D eigenvalue weighted by Gasteiger charge is -2.25. The summed E-state index contributed by atoms with van der Waals surface area (Å²) < 4.78 is 1.94. The molecule has 0 radical (unpaired) electrons. The minimum Gasteiger partial charge on any atom is -0.349 e. The van der Waals surface area contributed by atoms with E-state index >= 15 is 0 Å². The van der Waals surface area contributed by atoms with Crippen molar-refractivity contribution < 1.29 is 4.79 Å². The first-order valence-corrected chi connectivity index (χ1v) is 10.4. The monoisotopic (exact) mass is 454 g/mol. The fourth-order valence-corrected chi connectivity index (χ4v) is 4.40. The summed E-state index contributed by atoms with van der Waals surface area (Å²) in [6.07, 6.45) is 4.36. The van der Waals surface area contributed by atoms with Gasteiger partial charge in [0.1, 0.15) is 0 Å². The number of hydrogen-bond donors (Lipinski definition) is 2. The minimum atomic E-state index is -0.107. The maximum atomic E-state index is 12.7. The topological polar surface area (TPSA) is 75.1 Å². The fourth-order valence-electron chi connectivity index (χ4n) is 4.40. The van der Waals surface area contributed by atoms with E-state index in [4.69, 9.17) is 0 Å². The molecule has 2 saturated heterocycles. The molecule has 2 aliphatic rings. The van der Waals surface area contributed by atoms with Crippen LogP contribution < -0.4 is 10.6 Å². The number of aromatic nitrogens is 3. The molecule has 30 heavy (non-hydrogen) atoms. The zero-order valence-electron chi connectivity index (χ0n) is 17.4. The zero-order chi connectivity index (χ0) is 19.3. The number of carbonyl (C=O) groups excluding carboxylic acids is 1. The van der Waals surface area contributed by atoms with Crippen LogP contribution in [-0.4, -0.2) is 58.0 Å². The molecule has 1 unspecified atom stereocenters. The molecule has 0 saturated carbocycles. The number of benzene rings is 1. The van der Waals surface area contributed by atoms with Gasteiger partial charge in [-0.2, -0.15) is 0 Å². The van der Waals surface area contributed by atoms with E-state index in [1.54, 1.807) is 0 Å². The Morgan fingerprint density at radius 3 is 2.63 bits per heavy atom. The van der Waals surface area contributed by atoms with Crippen molar-refractivity contribution in [2.24, 2.45) is 0 Å². The molecule has 3 heterocycles. The van der Waals surface area contributed by atoms with E-state index in [0.717, 1.165) is 51.1 Å². The van der Waals surface area contributed by atoms with E-state index in [-0.39, 0.29) is 30.7 Å². The van der Waals surface area contributed by atoms with Gasteiger partial charge in [0.2, 0.25) is 0 Å². The normalized spacial score (nSPS) is 19.7. The van der Waals surface area contributed by atoms with Gasteiger partial charge >= 0.3 is 0 Å². The lowest BCUT2D eigenvalue weighted by Crippen LogP contribution is -2.40. The third-order valence-electron chi connectivity index (χ3n) is 6.02. The highest BCUT2D eigenvalue weighted by atomic mass is 35.5. The van der Waals surface area contributed by atoms with Crippen molar-refractivity contribution >= 4 is 30.7 Å². The molecular weight excluding hydrogens is 423 g/mol. The zero-order valence-corrected chi connectivity index (χ0v) is 19.1. The molecule has 1 aromatic heterocycles. The van der Waals surface area contributed by atoms with E-state index < -0.39 is 0 Å². The smallest absolute Gasteiger partial charge is 0.273 e. The van der Waals surface area contributed by atoms with Gasteiger partial charge in [0.05, 0.1) is 11.7 Å². The van der Waals surface area contributed by atoms with Crippen molar-refractivity contribution in [3.8, 4) is 0 Å². The number of halogens is 2. The second-order valence-corrected chi connectivity index (χ2v) is 7.91. The molecule has 2 N–H and O–H groups in total. The number of hydrogen-bond acceptors (Lipinski definition) is 5. The largest absolute Gasteiger partial charge is 0.349 e. The SMILES string of the molecule is Cc1c(C(=O)NCC2CCCN2Cc2ccccc2)nnn1C1CCNCC1.Cl.Cl. The van der Waals surface area contributed by atoms with Crippen molar-refractivity contribution in [1.82, 2.24) is 30.5 Å². The van der Waals surface area contributed by atoms with E-state index in [0.29, 0.717) is 24.3 Å². The number of amides is 1. The summed E-state index contributed by atoms with van der Waals surface area (Å²) in [5, 5.41) is 14.9. The van der Waals surface area contributed by atoms with Crippen molar-refractivity contribution in [3.05, 3.63) is 47.3 Å². The Morgan fingerprint density at radius 1 is 1.17 bits per heavy atom. The van der Waals surface area contributed by atoms with Crippen LogP contribution in [0.3, 0.4) is 0 Å². The van der Waals surface area contributed by atoms with Crippen LogP contribution in [0.2, 0.25) is 0 Å². The molecular formula is C21H32Cl2N6O. The first-order chi connectivity index (χ1) is 13.7. The van der Waals surface area contributed by atoms with Crippen LogP contribution in [0.1, 0.15) is 53.5 Å². The lowest BCUT2D eigenvalue weighted by atomic mass is 10.1. The van der Waals surface area contributed by atoms with Crippen molar-refractivity contribution in [3.63, 3.8) is 0 Å². The van der Waals surface area contributed by atoms with Crippen LogP contribution in [0.4, 0.5) is 0 Å². The van der Waals surface area contributed by atoms with E-state index in [1.807, 2.05) is 17.7 Å². The molecule has 1 atom stereocenters. The molecule has 1 aromatic carbocycles. The fraction of sp³-hybridized carbons (Fsp3) is 0.571. The second kappa shape index (κ2) is 11.6. The summed E-state index contributed by atoms with van der Waals surface area (Å²) >= 11 is 0. The second-order valence-electron chi connectivity index (χ2n) is 7.91. The van der Waals surface area contributed by atoms with Crippen LogP contribution >= 0.6 is 24.8 Å². The average molecular weight is 455 g/mol. The number of piperidine rings is 1. The molecule has 2 fully saturated rings. The first-order valence-electron chi connectivity index (χ1n) is 10.4. The Kier molecular flexibility index (Phi) is 9.55. The Morgan fingerprint density at radius 2 is 1.90 bits per heavy atom. The van der Waals surface area contributed by atoms with Gasteiger partial charge in [-0.05, 0) is 57.8 Å². The molecule has 4 rings (SSSR count). The van der Waals surface area contributed by atoms with E-state index in [9.17, 15) is 4.79 Å². The predicted octanol–water partition coefficient (Wildman–Crippen LogP) is 2.75. The lowest BCUT2D eigenvalue weighted by molar-refractivity contribution is 0.0934. The van der Waals surface area contributed by atoms with Crippen LogP contribution in [0.15, 0.2) is 30.3 Å². The Balaban J connectivity index is 0.00000160. The molecule has 7 nitrogen and oxygen atoms in total. The molecule has 0 bridgehead atoms. The van der Waals surface area contributed by atoms with Crippen LogP contribution in [0.25, 0.3) is 0 Å². The van der Waals surface area contributed by atoms with Crippen LogP contribution in [-0.2, 0) is 6.54 Å². The molecule has 9 heteroatoms. The van der Waals surface area contributed by atoms with Crippen molar-refractivity contribution in [1.29, 1.82) is 0 Å². The van der Waals surface area contributed by atoms with Crippen LogP contribution in [0, 0.1) is 6.92 Å². The van der Waals surface area contributed by atoms with E-state index in [2.05, 4.69) is 50.1 Å². The predicted molar refractivity (Wildman–Crippen MR) is 123 cm³/mol. The summed E-state index contributed by atoms with van der Waals surface area (Å²) in [6.45, 7) is 6.61. The van der Waals surface area contributed by atoms with Crippen molar-refractivity contribution in [2.75, 3.05) is 26.2 Å². The Hall–Kier alpha value is -1.67. The molecule has 0 aliphatic carbocycles. The van der Waals surface area contributed by atoms with Crippen molar-refractivity contribution in [2.45, 2.75) is 51.2 Å². The molecule has 0 spiro atoms. The molecule has 2 aliphatic heterocycles. The van der Waals surface area contributed by atoms with Crippen LogP contribution in [0.5, 0.6) is 0 Å². The van der Waals surface area contributed by atoms with Gasteiger partial charge in [-0.3, -0.25) is 9.69 Å². The summed E-state index contributed by atoms with van der Waals surface area (Å²) in [5.41, 5.74) is 2.66. The quantitative estimate of drug-likeness (QED) is 0.701. The highest BCUT2D eigenvalue weighted by molar-refractivity contribution is 5.93. The van der Waals surface area contributed by atoms with E-state index in [1.165, 1.54) is 12.0 Å². The Labute approximate surface area is 190 Å². The third kappa shape index (κ3) is 5.72. The summed E-state index contributed by atoms with van der Waals surface area (Å²) in [7, 11) is 0. The number of likely N-dealkylation sites (tertiary alicyclic amines) is 1. The standard InChI is InChI=1S/C21H30N6O.2ClH/c1-16-20(24-25-27(16)18-9-11-22-12-10-18)21(28)23-14-19-8-5-13-26(19)15-17-6-3-2-4-7-17;;/h2-4,6-7,18-19,22H,5,8-15H2,1H3,(H,23,28);2*1H. The van der Waals surface area contributed by atoms with Gasteiger partial charge in [0.25, 0.3) is 5.91 Å². The number of rotatable bonds is 6. The number of nitrogens with zero attached hydrogens (tertiary/aromatic N) is 4. The van der Waals surface area contributed by atoms with Gasteiger partial charge in [0.15, 0.2) is 5.69 Å². The summed E-state index contributed by atoms with van der Waals surface area (Å²) in [6, 6.07) is 11.3.